The highest BCUT2D eigenvalue weighted by Crippen LogP contribution is 2.29. The van der Waals surface area contributed by atoms with E-state index in [2.05, 4.69) is 0 Å². The molecule has 7 aromatic carbocycles. The second-order valence-corrected chi connectivity index (χ2v) is 12.8. The largest absolute Gasteiger partial charge is 0.489 e. The van der Waals surface area contributed by atoms with E-state index >= 15 is 0 Å². The summed E-state index contributed by atoms with van der Waals surface area (Å²) in [5, 5.41) is 0. The quantitative estimate of drug-likeness (QED) is 0.0882. The van der Waals surface area contributed by atoms with Crippen molar-refractivity contribution in [2.45, 2.75) is 39.6 Å². The first kappa shape index (κ1) is 35.7. The Morgan fingerprint density at radius 2 is 0.444 bits per heavy atom. The van der Waals surface area contributed by atoms with Crippen LogP contribution in [0.25, 0.3) is 0 Å². The van der Waals surface area contributed by atoms with Crippen molar-refractivity contribution in [3.05, 3.63) is 215 Å². The van der Waals surface area contributed by atoms with Crippen molar-refractivity contribution in [2.24, 2.45) is 0 Å². The fourth-order valence-corrected chi connectivity index (χ4v) is 5.71. The Bertz CT molecular complexity index is 1900. The van der Waals surface area contributed by atoms with Crippen LogP contribution in [0.15, 0.2) is 182 Å². The molecule has 0 atom stereocenters. The van der Waals surface area contributed by atoms with Gasteiger partial charge in [-0.15, -0.1) is 0 Å². The van der Waals surface area contributed by atoms with Crippen molar-refractivity contribution in [2.75, 3.05) is 0 Å². The molecule has 270 valence electrons. The summed E-state index contributed by atoms with van der Waals surface area (Å²) in [7, 11) is 0. The number of benzene rings is 7. The number of hydrogen-bond donors (Lipinski definition) is 0. The zero-order chi connectivity index (χ0) is 36.6. The topological polar surface area (TPSA) is 55.4 Å². The molecule has 0 spiro atoms. The lowest BCUT2D eigenvalue weighted by atomic mass is 10.2. The van der Waals surface area contributed by atoms with Gasteiger partial charge in [0.1, 0.15) is 74.1 Å². The second kappa shape index (κ2) is 18.7. The van der Waals surface area contributed by atoms with Gasteiger partial charge in [-0.3, -0.25) is 0 Å². The molecule has 0 unspecified atom stereocenters. The van der Waals surface area contributed by atoms with Crippen LogP contribution >= 0.6 is 0 Å². The zero-order valence-electron chi connectivity index (χ0n) is 30.0. The molecular formula is C48H42O6. The third kappa shape index (κ3) is 11.2. The van der Waals surface area contributed by atoms with E-state index in [1.54, 1.807) is 0 Å². The molecule has 0 fully saturated rings. The Morgan fingerprint density at radius 1 is 0.204 bits per heavy atom. The van der Waals surface area contributed by atoms with Crippen LogP contribution in [-0.4, -0.2) is 0 Å². The van der Waals surface area contributed by atoms with Gasteiger partial charge in [0, 0.05) is 18.2 Å². The van der Waals surface area contributed by atoms with Crippen molar-refractivity contribution in [1.29, 1.82) is 0 Å². The van der Waals surface area contributed by atoms with Gasteiger partial charge in [-0.05, 0) is 69.8 Å². The maximum Gasteiger partial charge on any atom is 0.123 e. The maximum absolute atomic E-state index is 6.28. The number of hydrogen-bond acceptors (Lipinski definition) is 6. The molecule has 6 heteroatoms. The highest BCUT2D eigenvalue weighted by molar-refractivity contribution is 5.41. The summed E-state index contributed by atoms with van der Waals surface area (Å²) in [6.07, 6.45) is 0. The summed E-state index contributed by atoms with van der Waals surface area (Å²) in [6, 6.07) is 59.9. The van der Waals surface area contributed by atoms with Crippen LogP contribution in [0.4, 0.5) is 0 Å². The van der Waals surface area contributed by atoms with Crippen LogP contribution in [0.3, 0.4) is 0 Å². The first-order valence-corrected chi connectivity index (χ1v) is 18.0. The van der Waals surface area contributed by atoms with Crippen LogP contribution in [0.1, 0.15) is 33.4 Å². The lowest BCUT2D eigenvalue weighted by molar-refractivity contribution is 0.276. The highest BCUT2D eigenvalue weighted by Gasteiger charge is 2.09. The first-order chi connectivity index (χ1) is 26.7. The molecule has 6 nitrogen and oxygen atoms in total. The van der Waals surface area contributed by atoms with Gasteiger partial charge in [-0.1, -0.05) is 127 Å². The minimum Gasteiger partial charge on any atom is -0.489 e. The number of rotatable bonds is 18. The Labute approximate surface area is 317 Å². The van der Waals surface area contributed by atoms with E-state index in [9.17, 15) is 0 Å². The van der Waals surface area contributed by atoms with E-state index in [1.807, 2.05) is 182 Å². The van der Waals surface area contributed by atoms with Gasteiger partial charge in [0.05, 0.1) is 0 Å². The molecule has 0 aromatic heterocycles. The van der Waals surface area contributed by atoms with Gasteiger partial charge >= 0.3 is 0 Å². The zero-order valence-corrected chi connectivity index (χ0v) is 30.0. The van der Waals surface area contributed by atoms with E-state index in [4.69, 9.17) is 28.4 Å². The molecule has 0 bridgehead atoms. The van der Waals surface area contributed by atoms with E-state index in [0.29, 0.717) is 74.1 Å². The standard InChI is InChI=1S/C48H42O6/c1-5-14-37(15-6-1)31-51-45-24-41(25-46(29-45)52-32-38-16-7-2-8-17-38)35-49-43-22-13-23-44(28-43)50-36-42-26-47(53-33-39-18-9-3-10-19-39)30-48(27-42)54-34-40-20-11-4-12-21-40/h1-30H,31-36H2. The molecule has 54 heavy (non-hydrogen) atoms. The molecule has 0 heterocycles. The average molecular weight is 715 g/mol. The van der Waals surface area contributed by atoms with Crippen LogP contribution in [-0.2, 0) is 39.6 Å². The van der Waals surface area contributed by atoms with Gasteiger partial charge in [0.25, 0.3) is 0 Å². The Kier molecular flexibility index (Phi) is 12.4. The first-order valence-electron chi connectivity index (χ1n) is 18.0. The molecule has 0 N–H and O–H groups in total. The lowest BCUT2D eigenvalue weighted by Crippen LogP contribution is -2.02. The van der Waals surface area contributed by atoms with Crippen molar-refractivity contribution in [3.63, 3.8) is 0 Å². The van der Waals surface area contributed by atoms with Crippen LogP contribution in [0, 0.1) is 0 Å². The summed E-state index contributed by atoms with van der Waals surface area (Å²) in [4.78, 5) is 0. The molecule has 7 aromatic rings. The van der Waals surface area contributed by atoms with E-state index in [-0.39, 0.29) is 0 Å². The second-order valence-electron chi connectivity index (χ2n) is 12.8. The summed E-state index contributed by atoms with van der Waals surface area (Å²) in [5.41, 5.74) is 6.20. The minimum atomic E-state index is 0.316. The summed E-state index contributed by atoms with van der Waals surface area (Å²) in [5.74, 6) is 4.21. The Balaban J connectivity index is 1.01. The van der Waals surface area contributed by atoms with Crippen molar-refractivity contribution in [1.82, 2.24) is 0 Å². The summed E-state index contributed by atoms with van der Waals surface area (Å²) < 4.78 is 37.3. The molecular weight excluding hydrogens is 673 g/mol. The van der Waals surface area contributed by atoms with Gasteiger partial charge in [0.2, 0.25) is 0 Å². The molecule has 0 aliphatic carbocycles. The van der Waals surface area contributed by atoms with Gasteiger partial charge in [-0.2, -0.15) is 0 Å². The van der Waals surface area contributed by atoms with Gasteiger partial charge in [0.15, 0.2) is 0 Å². The molecule has 0 saturated heterocycles. The maximum atomic E-state index is 6.28. The number of ether oxygens (including phenoxy) is 6. The average Bonchev–Trinajstić information content (AvgIpc) is 3.23. The molecule has 0 aliphatic rings. The van der Waals surface area contributed by atoms with E-state index < -0.39 is 0 Å². The molecule has 0 radical (unpaired) electrons. The third-order valence-corrected chi connectivity index (χ3v) is 8.49. The Hall–Kier alpha value is -6.66. The monoisotopic (exact) mass is 714 g/mol. The normalized spacial score (nSPS) is 10.7. The predicted molar refractivity (Wildman–Crippen MR) is 211 cm³/mol. The van der Waals surface area contributed by atoms with Crippen molar-refractivity contribution < 1.29 is 28.4 Å². The van der Waals surface area contributed by atoms with Gasteiger partial charge in [-0.25, -0.2) is 0 Å². The lowest BCUT2D eigenvalue weighted by Gasteiger charge is -2.15. The van der Waals surface area contributed by atoms with Crippen molar-refractivity contribution >= 4 is 0 Å². The molecule has 0 saturated carbocycles. The van der Waals surface area contributed by atoms with Gasteiger partial charge < -0.3 is 28.4 Å². The summed E-state index contributed by atoms with van der Waals surface area (Å²) in [6.45, 7) is 2.43. The van der Waals surface area contributed by atoms with Crippen LogP contribution < -0.4 is 28.4 Å². The molecule has 0 amide bonds. The van der Waals surface area contributed by atoms with Crippen LogP contribution in [0.2, 0.25) is 0 Å². The fourth-order valence-electron chi connectivity index (χ4n) is 5.71. The molecule has 0 aliphatic heterocycles. The summed E-state index contributed by atoms with van der Waals surface area (Å²) >= 11 is 0. The van der Waals surface area contributed by atoms with Crippen molar-refractivity contribution in [3.8, 4) is 34.5 Å². The Morgan fingerprint density at radius 3 is 0.741 bits per heavy atom. The van der Waals surface area contributed by atoms with E-state index in [1.165, 1.54) is 0 Å². The minimum absolute atomic E-state index is 0.316. The fraction of sp³-hybridized carbons (Fsp3) is 0.125. The smallest absolute Gasteiger partial charge is 0.123 e. The highest BCUT2D eigenvalue weighted by atomic mass is 16.5. The SMILES string of the molecule is c1ccc(COc2cc(COc3cccc(OCc4cc(OCc5ccccc5)cc(OCc5ccccc5)c4)c3)cc(OCc3ccccc3)c2)cc1. The molecule has 7 rings (SSSR count). The third-order valence-electron chi connectivity index (χ3n) is 8.49. The van der Waals surface area contributed by atoms with Crippen LogP contribution in [0.5, 0.6) is 34.5 Å². The van der Waals surface area contributed by atoms with E-state index in [0.717, 1.165) is 33.4 Å². The predicted octanol–water partition coefficient (Wildman–Crippen LogP) is 11.2.